The average molecular weight is 432 g/mol. The van der Waals surface area contributed by atoms with Crippen LogP contribution in [0.1, 0.15) is 59.6 Å². The Morgan fingerprint density at radius 3 is 2.50 bits per heavy atom. The summed E-state index contributed by atoms with van der Waals surface area (Å²) in [7, 11) is 0. The van der Waals surface area contributed by atoms with E-state index in [0.717, 1.165) is 34.9 Å². The van der Waals surface area contributed by atoms with Crippen molar-refractivity contribution in [2.45, 2.75) is 58.5 Å². The van der Waals surface area contributed by atoms with Crippen molar-refractivity contribution in [1.29, 1.82) is 0 Å². The van der Waals surface area contributed by atoms with Crippen molar-refractivity contribution >= 4 is 22.4 Å². The minimum Gasteiger partial charge on any atom is -0.399 e. The normalized spacial score (nSPS) is 14.9. The molecule has 0 saturated heterocycles. The number of nitrogens with two attached hydrogens (primary N) is 1. The number of hydrogen-bond acceptors (Lipinski definition) is 2. The van der Waals surface area contributed by atoms with Crippen LogP contribution in [0.4, 0.5) is 18.9 Å². The number of rotatable bonds is 5. The van der Waals surface area contributed by atoms with Gasteiger partial charge < -0.3 is 5.73 Å². The molecule has 0 radical (unpaired) electrons. The monoisotopic (exact) mass is 431 g/mol. The SMILES string of the molecule is C=C(S/C=C(\C)Cc1cc(C)c(N)cc1C(F)(F)F)c1ccc2c(c1)CCCCC2. The van der Waals surface area contributed by atoms with Crippen LogP contribution in [0.25, 0.3) is 4.91 Å². The Labute approximate surface area is 181 Å². The number of allylic oxidation sites excluding steroid dienone is 1. The molecule has 2 aromatic carbocycles. The zero-order valence-electron chi connectivity index (χ0n) is 17.5. The number of aryl methyl sites for hydroxylation is 3. The molecule has 3 rings (SSSR count). The predicted molar refractivity (Wildman–Crippen MR) is 122 cm³/mol. The van der Waals surface area contributed by atoms with Gasteiger partial charge in [0.2, 0.25) is 0 Å². The zero-order valence-corrected chi connectivity index (χ0v) is 18.3. The third kappa shape index (κ3) is 5.51. The molecule has 160 valence electrons. The molecule has 1 aliphatic rings. The van der Waals surface area contributed by atoms with Gasteiger partial charge in [-0.2, -0.15) is 13.2 Å². The van der Waals surface area contributed by atoms with E-state index < -0.39 is 11.7 Å². The number of fused-ring (bicyclic) bond motifs is 1. The molecule has 0 aromatic heterocycles. The zero-order chi connectivity index (χ0) is 21.9. The van der Waals surface area contributed by atoms with E-state index >= 15 is 0 Å². The maximum Gasteiger partial charge on any atom is 0.416 e. The summed E-state index contributed by atoms with van der Waals surface area (Å²) >= 11 is 1.47. The lowest BCUT2D eigenvalue weighted by Crippen LogP contribution is -2.11. The Bertz CT molecular complexity index is 973. The number of halogens is 3. The van der Waals surface area contributed by atoms with E-state index in [9.17, 15) is 13.2 Å². The average Bonchev–Trinajstić information content (AvgIpc) is 2.92. The molecule has 0 unspecified atom stereocenters. The first-order valence-corrected chi connectivity index (χ1v) is 11.1. The molecule has 2 aromatic rings. The van der Waals surface area contributed by atoms with E-state index in [1.54, 1.807) is 13.0 Å². The molecular weight excluding hydrogens is 403 g/mol. The molecule has 1 aliphatic carbocycles. The second-order valence-corrected chi connectivity index (χ2v) is 9.05. The van der Waals surface area contributed by atoms with Gasteiger partial charge in [0, 0.05) is 10.6 Å². The quantitative estimate of drug-likeness (QED) is 0.387. The van der Waals surface area contributed by atoms with Gasteiger partial charge >= 0.3 is 6.18 Å². The van der Waals surface area contributed by atoms with E-state index in [1.807, 2.05) is 12.3 Å². The third-order valence-electron chi connectivity index (χ3n) is 5.59. The number of alkyl halides is 3. The summed E-state index contributed by atoms with van der Waals surface area (Å²) in [4.78, 5) is 0.908. The van der Waals surface area contributed by atoms with Crippen molar-refractivity contribution < 1.29 is 13.2 Å². The van der Waals surface area contributed by atoms with Crippen LogP contribution in [0.2, 0.25) is 0 Å². The maximum atomic E-state index is 13.4. The molecule has 0 saturated carbocycles. The second kappa shape index (κ2) is 9.34. The summed E-state index contributed by atoms with van der Waals surface area (Å²) in [5.74, 6) is 0. The molecule has 0 bridgehead atoms. The molecule has 0 fully saturated rings. The molecule has 2 N–H and O–H groups in total. The molecule has 0 atom stereocenters. The molecule has 5 heteroatoms. The van der Waals surface area contributed by atoms with Crippen molar-refractivity contribution in [2.75, 3.05) is 5.73 Å². The Hall–Kier alpha value is -2.14. The topological polar surface area (TPSA) is 26.0 Å². The lowest BCUT2D eigenvalue weighted by Gasteiger charge is -2.16. The number of thioether (sulfide) groups is 1. The third-order valence-corrected chi connectivity index (χ3v) is 6.63. The summed E-state index contributed by atoms with van der Waals surface area (Å²) in [5, 5.41) is 1.90. The lowest BCUT2D eigenvalue weighted by molar-refractivity contribution is -0.138. The standard InChI is InChI=1S/C25H28F3NS/c1-16(11-22-12-17(2)24(29)14-23(22)25(26,27)28)15-30-18(3)20-10-9-19-7-5-4-6-8-21(19)13-20/h9-10,12-15H,3-8,11,29H2,1-2H3/b16-15+. The van der Waals surface area contributed by atoms with Crippen molar-refractivity contribution in [3.05, 3.63) is 81.3 Å². The molecule has 0 spiro atoms. The Kier molecular flexibility index (Phi) is 7.02. The molecule has 1 nitrogen and oxygen atoms in total. The summed E-state index contributed by atoms with van der Waals surface area (Å²) < 4.78 is 40.3. The van der Waals surface area contributed by atoms with Crippen LogP contribution in [-0.2, 0) is 25.4 Å². The Balaban J connectivity index is 1.74. The van der Waals surface area contributed by atoms with E-state index in [1.165, 1.54) is 42.2 Å². The van der Waals surface area contributed by atoms with Crippen LogP contribution in [0.15, 0.2) is 47.9 Å². The van der Waals surface area contributed by atoms with Crippen LogP contribution in [0.3, 0.4) is 0 Å². The van der Waals surface area contributed by atoms with Gasteiger partial charge in [-0.1, -0.05) is 54.6 Å². The van der Waals surface area contributed by atoms with Gasteiger partial charge in [-0.25, -0.2) is 0 Å². The summed E-state index contributed by atoms with van der Waals surface area (Å²) in [6.45, 7) is 7.76. The van der Waals surface area contributed by atoms with E-state index in [2.05, 4.69) is 24.8 Å². The van der Waals surface area contributed by atoms with Gasteiger partial charge in [-0.05, 0) is 85.2 Å². The molecule has 0 aliphatic heterocycles. The van der Waals surface area contributed by atoms with Crippen molar-refractivity contribution in [2.24, 2.45) is 0 Å². The van der Waals surface area contributed by atoms with Gasteiger partial charge in [0.1, 0.15) is 0 Å². The van der Waals surface area contributed by atoms with Gasteiger partial charge in [-0.15, -0.1) is 0 Å². The fraction of sp³-hybridized carbons (Fsp3) is 0.360. The molecule has 0 amide bonds. The summed E-state index contributed by atoms with van der Waals surface area (Å²) in [6, 6.07) is 9.12. The minimum atomic E-state index is -4.42. The van der Waals surface area contributed by atoms with Crippen LogP contribution in [0, 0.1) is 6.92 Å². The Morgan fingerprint density at radius 1 is 1.10 bits per heavy atom. The van der Waals surface area contributed by atoms with Crippen LogP contribution >= 0.6 is 11.8 Å². The van der Waals surface area contributed by atoms with Crippen LogP contribution in [-0.4, -0.2) is 0 Å². The lowest BCUT2D eigenvalue weighted by atomic mass is 9.97. The fourth-order valence-corrected chi connectivity index (χ4v) is 4.55. The van der Waals surface area contributed by atoms with Gasteiger partial charge in [0.15, 0.2) is 0 Å². The Morgan fingerprint density at radius 2 is 1.80 bits per heavy atom. The van der Waals surface area contributed by atoms with Crippen LogP contribution < -0.4 is 5.73 Å². The predicted octanol–water partition coefficient (Wildman–Crippen LogP) is 7.72. The van der Waals surface area contributed by atoms with E-state index in [0.29, 0.717) is 5.56 Å². The maximum absolute atomic E-state index is 13.4. The number of benzene rings is 2. The molecular formula is C25H28F3NS. The van der Waals surface area contributed by atoms with E-state index in [-0.39, 0.29) is 17.7 Å². The highest BCUT2D eigenvalue weighted by atomic mass is 32.2. The first-order valence-electron chi connectivity index (χ1n) is 10.2. The first-order chi connectivity index (χ1) is 14.1. The highest BCUT2D eigenvalue weighted by molar-refractivity contribution is 8.10. The number of anilines is 1. The van der Waals surface area contributed by atoms with Crippen LogP contribution in [0.5, 0.6) is 0 Å². The minimum absolute atomic E-state index is 0.165. The number of nitrogen functional groups attached to an aromatic ring is 1. The highest BCUT2D eigenvalue weighted by Crippen LogP contribution is 2.36. The van der Waals surface area contributed by atoms with Gasteiger partial charge in [0.05, 0.1) is 5.56 Å². The molecule has 0 heterocycles. The summed E-state index contributed by atoms with van der Waals surface area (Å²) in [6.07, 6.45) is 1.78. The highest BCUT2D eigenvalue weighted by Gasteiger charge is 2.33. The first kappa shape index (κ1) is 22.5. The summed E-state index contributed by atoms with van der Waals surface area (Å²) in [5.41, 5.74) is 10.9. The van der Waals surface area contributed by atoms with Crippen molar-refractivity contribution in [3.8, 4) is 0 Å². The second-order valence-electron chi connectivity index (χ2n) is 8.09. The molecule has 30 heavy (non-hydrogen) atoms. The fourth-order valence-electron chi connectivity index (χ4n) is 3.86. The van der Waals surface area contributed by atoms with Gasteiger partial charge in [0.25, 0.3) is 0 Å². The van der Waals surface area contributed by atoms with Crippen molar-refractivity contribution in [3.63, 3.8) is 0 Å². The number of hydrogen-bond donors (Lipinski definition) is 1. The largest absolute Gasteiger partial charge is 0.416 e. The van der Waals surface area contributed by atoms with Crippen molar-refractivity contribution in [1.82, 2.24) is 0 Å². The van der Waals surface area contributed by atoms with Gasteiger partial charge in [-0.3, -0.25) is 0 Å². The smallest absolute Gasteiger partial charge is 0.399 e. The van der Waals surface area contributed by atoms with E-state index in [4.69, 9.17) is 5.73 Å².